The van der Waals surface area contributed by atoms with Crippen molar-refractivity contribution in [1.29, 1.82) is 0 Å². The second-order valence-corrected chi connectivity index (χ2v) is 9.69. The number of esters is 2. The molecule has 1 fully saturated rings. The third-order valence-corrected chi connectivity index (χ3v) is 6.63. The van der Waals surface area contributed by atoms with Crippen LogP contribution in [0.5, 0.6) is 0 Å². The normalized spacial score (nSPS) is 34.0. The summed E-state index contributed by atoms with van der Waals surface area (Å²) in [6, 6.07) is 0. The monoisotopic (exact) mass is 390 g/mol. The molecule has 2 aliphatic carbocycles. The fourth-order valence-corrected chi connectivity index (χ4v) is 5.25. The van der Waals surface area contributed by atoms with E-state index in [1.807, 2.05) is 13.8 Å². The van der Waals surface area contributed by atoms with Crippen LogP contribution < -0.4 is 0 Å². The van der Waals surface area contributed by atoms with Gasteiger partial charge in [0.05, 0.1) is 0 Å². The molecule has 0 saturated heterocycles. The zero-order valence-corrected chi connectivity index (χ0v) is 18.7. The highest BCUT2D eigenvalue weighted by Gasteiger charge is 2.54. The molecule has 0 aromatic heterocycles. The standard InChI is InChI=1S/C24H38O4/c1-16-9-8-10-17(2)15-21(27-18(3)25)22-20(23(5,6)28-19(4)26)12-14-24(22,7)13-11-16/h11,13,15-16,20-22H,8-10,12,14H2,1-7H3. The average Bonchev–Trinajstić information content (AvgIpc) is 2.88. The third-order valence-electron chi connectivity index (χ3n) is 6.63. The number of hydrogen-bond acceptors (Lipinski definition) is 4. The number of carbonyl (C=O) groups excluding carboxylic acids is 2. The van der Waals surface area contributed by atoms with E-state index in [1.54, 1.807) is 0 Å². The van der Waals surface area contributed by atoms with Crippen molar-refractivity contribution >= 4 is 11.9 Å². The second-order valence-electron chi connectivity index (χ2n) is 9.69. The first-order chi connectivity index (χ1) is 12.9. The Bertz CT molecular complexity index is 645. The molecule has 0 spiro atoms. The van der Waals surface area contributed by atoms with E-state index in [0.717, 1.165) is 32.1 Å². The van der Waals surface area contributed by atoms with Gasteiger partial charge in [-0.05, 0) is 70.3 Å². The zero-order valence-electron chi connectivity index (χ0n) is 18.7. The van der Waals surface area contributed by atoms with Crippen molar-refractivity contribution in [3.63, 3.8) is 0 Å². The predicted octanol–water partition coefficient (Wildman–Crippen LogP) is 5.61. The molecule has 0 aliphatic heterocycles. The number of rotatable bonds is 3. The summed E-state index contributed by atoms with van der Waals surface area (Å²) in [6.45, 7) is 13.6. The second kappa shape index (κ2) is 8.84. The quantitative estimate of drug-likeness (QED) is 0.464. The van der Waals surface area contributed by atoms with Crippen LogP contribution >= 0.6 is 0 Å². The van der Waals surface area contributed by atoms with Gasteiger partial charge in [-0.25, -0.2) is 0 Å². The number of fused-ring (bicyclic) bond motifs is 1. The van der Waals surface area contributed by atoms with E-state index in [-0.39, 0.29) is 35.3 Å². The predicted molar refractivity (Wildman–Crippen MR) is 112 cm³/mol. The minimum Gasteiger partial charge on any atom is -0.460 e. The molecule has 2 rings (SSSR count). The van der Waals surface area contributed by atoms with Gasteiger partial charge in [-0.3, -0.25) is 9.59 Å². The molecule has 4 heteroatoms. The number of allylic oxidation sites excluding steroid dienone is 3. The molecule has 5 unspecified atom stereocenters. The highest BCUT2D eigenvalue weighted by molar-refractivity contribution is 5.67. The lowest BCUT2D eigenvalue weighted by Crippen LogP contribution is -2.46. The van der Waals surface area contributed by atoms with Gasteiger partial charge in [0, 0.05) is 25.7 Å². The molecule has 2 aliphatic rings. The van der Waals surface area contributed by atoms with E-state index in [0.29, 0.717) is 5.92 Å². The van der Waals surface area contributed by atoms with Crippen molar-refractivity contribution in [3.8, 4) is 0 Å². The molecule has 158 valence electrons. The van der Waals surface area contributed by atoms with Crippen LogP contribution in [-0.4, -0.2) is 23.6 Å². The summed E-state index contributed by atoms with van der Waals surface area (Å²) in [7, 11) is 0. The van der Waals surface area contributed by atoms with E-state index in [2.05, 4.69) is 39.0 Å². The van der Waals surface area contributed by atoms with Crippen molar-refractivity contribution in [2.24, 2.45) is 23.2 Å². The van der Waals surface area contributed by atoms with Crippen LogP contribution in [0.2, 0.25) is 0 Å². The molecule has 0 amide bonds. The van der Waals surface area contributed by atoms with Crippen LogP contribution in [0, 0.1) is 23.2 Å². The molecule has 0 N–H and O–H groups in total. The summed E-state index contributed by atoms with van der Waals surface area (Å²) in [5, 5.41) is 0. The van der Waals surface area contributed by atoms with E-state index >= 15 is 0 Å². The van der Waals surface area contributed by atoms with Gasteiger partial charge in [-0.2, -0.15) is 0 Å². The Morgan fingerprint density at radius 1 is 1.18 bits per heavy atom. The summed E-state index contributed by atoms with van der Waals surface area (Å²) in [5.41, 5.74) is 0.532. The highest BCUT2D eigenvalue weighted by atomic mass is 16.6. The van der Waals surface area contributed by atoms with Crippen LogP contribution in [0.3, 0.4) is 0 Å². The Balaban J connectivity index is 2.54. The van der Waals surface area contributed by atoms with Gasteiger partial charge in [-0.1, -0.05) is 31.6 Å². The molecule has 28 heavy (non-hydrogen) atoms. The Kier molecular flexibility index (Phi) is 7.17. The largest absolute Gasteiger partial charge is 0.460 e. The first-order valence-electron chi connectivity index (χ1n) is 10.7. The van der Waals surface area contributed by atoms with Gasteiger partial charge < -0.3 is 9.47 Å². The first-order valence-corrected chi connectivity index (χ1v) is 10.7. The summed E-state index contributed by atoms with van der Waals surface area (Å²) in [4.78, 5) is 23.7. The Morgan fingerprint density at radius 3 is 2.46 bits per heavy atom. The van der Waals surface area contributed by atoms with Crippen LogP contribution in [0.4, 0.5) is 0 Å². The van der Waals surface area contributed by atoms with Crippen molar-refractivity contribution in [1.82, 2.24) is 0 Å². The van der Waals surface area contributed by atoms with Gasteiger partial charge in [0.15, 0.2) is 0 Å². The molecule has 1 saturated carbocycles. The number of carbonyl (C=O) groups is 2. The number of ether oxygens (including phenoxy) is 2. The minimum absolute atomic E-state index is 0.0576. The molecule has 0 radical (unpaired) electrons. The lowest BCUT2D eigenvalue weighted by Gasteiger charge is -2.42. The van der Waals surface area contributed by atoms with Gasteiger partial charge >= 0.3 is 11.9 Å². The SMILES string of the molecule is CC(=O)OC1C=C(C)CCCC(C)C=CC2(C)CCC(C(C)(C)OC(C)=O)C12. The van der Waals surface area contributed by atoms with Crippen LogP contribution in [-0.2, 0) is 19.1 Å². The van der Waals surface area contributed by atoms with Crippen LogP contribution in [0.15, 0.2) is 23.8 Å². The van der Waals surface area contributed by atoms with Gasteiger partial charge in [-0.15, -0.1) is 0 Å². The average molecular weight is 391 g/mol. The first kappa shape index (κ1) is 22.7. The number of hydrogen-bond donors (Lipinski definition) is 0. The summed E-state index contributed by atoms with van der Waals surface area (Å²) >= 11 is 0. The summed E-state index contributed by atoms with van der Waals surface area (Å²) in [5.74, 6) is 0.156. The van der Waals surface area contributed by atoms with Crippen molar-refractivity contribution in [2.75, 3.05) is 0 Å². The van der Waals surface area contributed by atoms with E-state index in [1.165, 1.54) is 19.4 Å². The summed E-state index contributed by atoms with van der Waals surface area (Å²) in [6.07, 6.45) is 11.7. The highest BCUT2D eigenvalue weighted by Crippen LogP contribution is 2.55. The van der Waals surface area contributed by atoms with Crippen molar-refractivity contribution in [2.45, 2.75) is 92.3 Å². The lowest BCUT2D eigenvalue weighted by atomic mass is 9.69. The molecule has 5 atom stereocenters. The lowest BCUT2D eigenvalue weighted by molar-refractivity contribution is -0.166. The van der Waals surface area contributed by atoms with Crippen molar-refractivity contribution in [3.05, 3.63) is 23.8 Å². The molecule has 4 nitrogen and oxygen atoms in total. The molecule has 0 heterocycles. The molecule has 0 bridgehead atoms. The topological polar surface area (TPSA) is 52.6 Å². The minimum atomic E-state index is -0.617. The zero-order chi connectivity index (χ0) is 21.1. The van der Waals surface area contributed by atoms with Crippen molar-refractivity contribution < 1.29 is 19.1 Å². The molecule has 0 aromatic rings. The summed E-state index contributed by atoms with van der Waals surface area (Å²) < 4.78 is 11.6. The maximum atomic E-state index is 12.0. The molecular formula is C24H38O4. The van der Waals surface area contributed by atoms with Gasteiger partial charge in [0.2, 0.25) is 0 Å². The van der Waals surface area contributed by atoms with Crippen LogP contribution in [0.1, 0.15) is 80.6 Å². The fraction of sp³-hybridized carbons (Fsp3) is 0.750. The van der Waals surface area contributed by atoms with E-state index in [9.17, 15) is 9.59 Å². The Hall–Kier alpha value is -1.58. The van der Waals surface area contributed by atoms with Gasteiger partial charge in [0.25, 0.3) is 0 Å². The fourth-order valence-electron chi connectivity index (χ4n) is 5.25. The third kappa shape index (κ3) is 5.48. The maximum absolute atomic E-state index is 12.0. The van der Waals surface area contributed by atoms with E-state index < -0.39 is 5.60 Å². The smallest absolute Gasteiger partial charge is 0.303 e. The van der Waals surface area contributed by atoms with Crippen LogP contribution in [0.25, 0.3) is 0 Å². The van der Waals surface area contributed by atoms with E-state index in [4.69, 9.17) is 9.47 Å². The maximum Gasteiger partial charge on any atom is 0.303 e. The Morgan fingerprint density at radius 2 is 1.86 bits per heavy atom. The molecule has 0 aromatic carbocycles. The molecular weight excluding hydrogens is 352 g/mol. The van der Waals surface area contributed by atoms with Gasteiger partial charge in [0.1, 0.15) is 11.7 Å². The Labute approximate surface area is 170 Å².